The second kappa shape index (κ2) is 9.51. The molecule has 0 aliphatic carbocycles. The van der Waals surface area contributed by atoms with Crippen LogP contribution in [0.15, 0.2) is 63.5 Å². The number of benzene rings is 1. The van der Waals surface area contributed by atoms with Crippen LogP contribution in [-0.2, 0) is 24.8 Å². The van der Waals surface area contributed by atoms with Crippen LogP contribution < -0.4 is 5.32 Å². The predicted octanol–water partition coefficient (Wildman–Crippen LogP) is 4.79. The zero-order chi connectivity index (χ0) is 20.9. The molecule has 1 amide bonds. The van der Waals surface area contributed by atoms with Gasteiger partial charge in [-0.2, -0.15) is 0 Å². The average molecular weight is 459 g/mol. The molecule has 0 aliphatic rings. The quantitative estimate of drug-likeness (QED) is 0.384. The van der Waals surface area contributed by atoms with Crippen LogP contribution in [0.1, 0.15) is 16.5 Å². The Hall–Kier alpha value is -2.55. The van der Waals surface area contributed by atoms with Gasteiger partial charge < -0.3 is 14.3 Å². The number of nitrogens with one attached hydrogen (secondary N) is 1. The van der Waals surface area contributed by atoms with E-state index in [1.54, 1.807) is 11.3 Å². The van der Waals surface area contributed by atoms with Crippen molar-refractivity contribution in [3.63, 3.8) is 0 Å². The molecule has 1 aromatic carbocycles. The molecule has 1 N–H and O–H groups in total. The van der Waals surface area contributed by atoms with Crippen molar-refractivity contribution in [3.05, 3.63) is 75.4 Å². The molecule has 3 heterocycles. The number of hydrogen-bond acceptors (Lipinski definition) is 6. The summed E-state index contributed by atoms with van der Waals surface area (Å²) in [4.78, 5) is 13.5. The Morgan fingerprint density at radius 1 is 1.20 bits per heavy atom. The first-order valence-corrected chi connectivity index (χ1v) is 11.5. The molecule has 0 unspecified atom stereocenters. The maximum Gasteiger partial charge on any atom is 0.230 e. The zero-order valence-corrected chi connectivity index (χ0v) is 18.6. The number of amides is 1. The van der Waals surface area contributed by atoms with Crippen LogP contribution >= 0.6 is 34.7 Å². The van der Waals surface area contributed by atoms with Crippen molar-refractivity contribution in [2.75, 3.05) is 5.75 Å². The summed E-state index contributed by atoms with van der Waals surface area (Å²) in [6, 6.07) is 15.3. The van der Waals surface area contributed by atoms with E-state index in [0.29, 0.717) is 17.3 Å². The number of furan rings is 1. The lowest BCUT2D eigenvalue weighted by atomic mass is 10.2. The van der Waals surface area contributed by atoms with Gasteiger partial charge in [-0.05, 0) is 47.8 Å². The SMILES string of the molecule is Cn1c(Cc2cccs2)nnc1SCC(=O)NCc1ccc(-c2ccc(Cl)cc2)o1. The van der Waals surface area contributed by atoms with Crippen LogP contribution in [0.3, 0.4) is 0 Å². The Bertz CT molecular complexity index is 1120. The maximum atomic E-state index is 12.2. The number of thiophene rings is 1. The summed E-state index contributed by atoms with van der Waals surface area (Å²) in [5.41, 5.74) is 0.938. The standard InChI is InChI=1S/C21H19ClN4O2S2/c1-26-19(11-17-3-2-10-29-17)24-25-21(26)30-13-20(27)23-12-16-8-9-18(28-16)14-4-6-15(22)7-5-14/h2-10H,11-13H2,1H3,(H,23,27). The van der Waals surface area contributed by atoms with E-state index in [1.807, 2.05) is 59.5 Å². The molecule has 9 heteroatoms. The third-order valence-electron chi connectivity index (χ3n) is 4.42. The molecule has 0 saturated heterocycles. The Morgan fingerprint density at radius 2 is 2.03 bits per heavy atom. The highest BCUT2D eigenvalue weighted by molar-refractivity contribution is 7.99. The monoisotopic (exact) mass is 458 g/mol. The minimum absolute atomic E-state index is 0.0905. The van der Waals surface area contributed by atoms with Crippen LogP contribution in [-0.4, -0.2) is 26.4 Å². The zero-order valence-electron chi connectivity index (χ0n) is 16.2. The number of rotatable bonds is 8. The van der Waals surface area contributed by atoms with Crippen LogP contribution in [0.25, 0.3) is 11.3 Å². The first kappa shape index (κ1) is 20.7. The molecule has 0 fully saturated rings. The van der Waals surface area contributed by atoms with E-state index in [1.165, 1.54) is 16.6 Å². The fourth-order valence-corrected chi connectivity index (χ4v) is 4.39. The maximum absolute atomic E-state index is 12.2. The molecule has 3 aromatic heterocycles. The first-order chi connectivity index (χ1) is 14.6. The van der Waals surface area contributed by atoms with Crippen molar-refractivity contribution in [2.45, 2.75) is 18.1 Å². The second-order valence-electron chi connectivity index (χ2n) is 6.55. The lowest BCUT2D eigenvalue weighted by Gasteiger charge is -2.04. The molecule has 4 rings (SSSR count). The third-order valence-corrected chi connectivity index (χ3v) is 6.57. The summed E-state index contributed by atoms with van der Waals surface area (Å²) in [5.74, 6) is 2.48. The summed E-state index contributed by atoms with van der Waals surface area (Å²) in [6.07, 6.45) is 0.738. The molecule has 154 valence electrons. The van der Waals surface area contributed by atoms with Crippen molar-refractivity contribution in [3.8, 4) is 11.3 Å². The van der Waals surface area contributed by atoms with Crippen LogP contribution in [0.2, 0.25) is 5.02 Å². The Balaban J connectivity index is 1.27. The molecule has 6 nitrogen and oxygen atoms in total. The summed E-state index contributed by atoms with van der Waals surface area (Å²) in [5, 5.41) is 14.8. The highest BCUT2D eigenvalue weighted by Crippen LogP contribution is 2.24. The van der Waals surface area contributed by atoms with Crippen LogP contribution in [0.5, 0.6) is 0 Å². The van der Waals surface area contributed by atoms with Crippen molar-refractivity contribution in [2.24, 2.45) is 7.05 Å². The number of thioether (sulfide) groups is 1. The van der Waals surface area contributed by atoms with Crippen molar-refractivity contribution in [1.29, 1.82) is 0 Å². The van der Waals surface area contributed by atoms with E-state index in [4.69, 9.17) is 16.0 Å². The lowest BCUT2D eigenvalue weighted by molar-refractivity contribution is -0.118. The topological polar surface area (TPSA) is 73.0 Å². The molecule has 0 spiro atoms. The number of hydrogen-bond donors (Lipinski definition) is 1. The number of nitrogens with zero attached hydrogens (tertiary/aromatic N) is 3. The molecule has 4 aromatic rings. The largest absolute Gasteiger partial charge is 0.459 e. The summed E-state index contributed by atoms with van der Waals surface area (Å²) < 4.78 is 7.74. The van der Waals surface area contributed by atoms with E-state index < -0.39 is 0 Å². The van der Waals surface area contributed by atoms with Gasteiger partial charge in [-0.25, -0.2) is 0 Å². The molecule has 0 aliphatic heterocycles. The normalized spacial score (nSPS) is 11.0. The van der Waals surface area contributed by atoms with Gasteiger partial charge in [0, 0.05) is 28.9 Å². The van der Waals surface area contributed by atoms with E-state index in [0.717, 1.165) is 28.7 Å². The number of aromatic nitrogens is 3. The van der Waals surface area contributed by atoms with Gasteiger partial charge in [0.1, 0.15) is 17.3 Å². The smallest absolute Gasteiger partial charge is 0.230 e. The van der Waals surface area contributed by atoms with Gasteiger partial charge in [0.25, 0.3) is 0 Å². The van der Waals surface area contributed by atoms with E-state index in [9.17, 15) is 4.79 Å². The molecule has 0 saturated carbocycles. The second-order valence-corrected chi connectivity index (χ2v) is 8.96. The van der Waals surface area contributed by atoms with Crippen molar-refractivity contribution < 1.29 is 9.21 Å². The van der Waals surface area contributed by atoms with Gasteiger partial charge in [-0.1, -0.05) is 29.4 Å². The first-order valence-electron chi connectivity index (χ1n) is 9.23. The Morgan fingerprint density at radius 3 is 2.80 bits per heavy atom. The van der Waals surface area contributed by atoms with E-state index in [2.05, 4.69) is 21.6 Å². The molecule has 30 heavy (non-hydrogen) atoms. The van der Waals surface area contributed by atoms with Gasteiger partial charge in [0.15, 0.2) is 5.16 Å². The Kier molecular flexibility index (Phi) is 6.56. The number of halogens is 1. The average Bonchev–Trinajstić information content (AvgIpc) is 3.49. The van der Waals surface area contributed by atoms with Gasteiger partial charge in [-0.15, -0.1) is 21.5 Å². The molecular weight excluding hydrogens is 440 g/mol. The van der Waals surface area contributed by atoms with Gasteiger partial charge in [-0.3, -0.25) is 4.79 Å². The van der Waals surface area contributed by atoms with Gasteiger partial charge in [0.2, 0.25) is 5.91 Å². The number of carbonyl (C=O) groups excluding carboxylic acids is 1. The van der Waals surface area contributed by atoms with E-state index in [-0.39, 0.29) is 11.7 Å². The molecule has 0 atom stereocenters. The lowest BCUT2D eigenvalue weighted by Crippen LogP contribution is -2.24. The summed E-state index contributed by atoms with van der Waals surface area (Å²) in [7, 11) is 1.92. The van der Waals surface area contributed by atoms with Crippen LogP contribution in [0, 0.1) is 0 Å². The summed E-state index contributed by atoms with van der Waals surface area (Å²) >= 11 is 8.97. The summed E-state index contributed by atoms with van der Waals surface area (Å²) in [6.45, 7) is 0.329. The third kappa shape index (κ3) is 5.13. The van der Waals surface area contributed by atoms with Gasteiger partial charge >= 0.3 is 0 Å². The van der Waals surface area contributed by atoms with Crippen LogP contribution in [0.4, 0.5) is 0 Å². The fourth-order valence-electron chi connectivity index (χ4n) is 2.80. The minimum atomic E-state index is -0.0905. The highest BCUT2D eigenvalue weighted by atomic mass is 35.5. The van der Waals surface area contributed by atoms with Crippen molar-refractivity contribution >= 4 is 40.6 Å². The fraction of sp³-hybridized carbons (Fsp3) is 0.190. The molecular formula is C21H19ClN4O2S2. The molecule has 0 bridgehead atoms. The van der Waals surface area contributed by atoms with E-state index >= 15 is 0 Å². The van der Waals surface area contributed by atoms with Gasteiger partial charge in [0.05, 0.1) is 12.3 Å². The predicted molar refractivity (Wildman–Crippen MR) is 120 cm³/mol. The minimum Gasteiger partial charge on any atom is -0.459 e. The Labute approximate surface area is 187 Å². The van der Waals surface area contributed by atoms with Crippen molar-refractivity contribution in [1.82, 2.24) is 20.1 Å². The molecule has 0 radical (unpaired) electrons. The highest BCUT2D eigenvalue weighted by Gasteiger charge is 2.13. The number of carbonyl (C=O) groups is 1.